The van der Waals surface area contributed by atoms with Gasteiger partial charge in [0.1, 0.15) is 0 Å². The Kier molecular flexibility index (Phi) is 4.70. The lowest BCUT2D eigenvalue weighted by atomic mass is 10.2. The number of carbonyl (C=O) groups is 1. The van der Waals surface area contributed by atoms with E-state index in [-0.39, 0.29) is 5.91 Å². The van der Waals surface area contributed by atoms with Gasteiger partial charge in [-0.2, -0.15) is 5.10 Å². The van der Waals surface area contributed by atoms with Gasteiger partial charge in [0.2, 0.25) is 0 Å². The molecule has 0 saturated carbocycles. The highest BCUT2D eigenvalue weighted by Crippen LogP contribution is 2.13. The number of amides is 1. The lowest BCUT2D eigenvalue weighted by molar-refractivity contribution is 0.0951. The van der Waals surface area contributed by atoms with Gasteiger partial charge in [-0.15, -0.1) is 0 Å². The van der Waals surface area contributed by atoms with Gasteiger partial charge in [-0.1, -0.05) is 6.92 Å². The minimum atomic E-state index is -0.119. The number of hydrogen-bond acceptors (Lipinski definition) is 4. The molecule has 2 heterocycles. The van der Waals surface area contributed by atoms with Gasteiger partial charge < -0.3 is 10.6 Å². The Balaban J connectivity index is 2.03. The number of aryl methyl sites for hydroxylation is 1. The van der Waals surface area contributed by atoms with Crippen LogP contribution in [-0.2, 0) is 6.54 Å². The second kappa shape index (κ2) is 6.70. The summed E-state index contributed by atoms with van der Waals surface area (Å²) in [4.78, 5) is 16.3. The molecule has 6 nitrogen and oxygen atoms in total. The molecule has 0 aromatic carbocycles. The average Bonchev–Trinajstić information content (AvgIpc) is 2.88. The number of hydrogen-bond donors (Lipinski definition) is 3. The summed E-state index contributed by atoms with van der Waals surface area (Å²) in [5.74, 6) is -0.119. The first kappa shape index (κ1) is 14.0. The van der Waals surface area contributed by atoms with Crippen molar-refractivity contribution in [1.82, 2.24) is 20.5 Å². The molecule has 1 amide bonds. The third kappa shape index (κ3) is 3.34. The fourth-order valence-corrected chi connectivity index (χ4v) is 1.82. The number of aromatic nitrogens is 3. The molecule has 2 aromatic rings. The molecule has 0 spiro atoms. The standard InChI is InChI=1S/C14H19N5O/c1-3-5-16-13-9-15-6-4-12(13)14(20)17-7-11-8-18-19-10(11)2/h4,6,8-9,16H,3,5,7H2,1-2H3,(H,17,20)(H,18,19). The van der Waals surface area contributed by atoms with E-state index in [2.05, 4.69) is 32.7 Å². The molecule has 0 radical (unpaired) electrons. The van der Waals surface area contributed by atoms with E-state index < -0.39 is 0 Å². The van der Waals surface area contributed by atoms with Crippen molar-refractivity contribution in [3.8, 4) is 0 Å². The first-order chi connectivity index (χ1) is 9.72. The Morgan fingerprint density at radius 2 is 2.25 bits per heavy atom. The van der Waals surface area contributed by atoms with Gasteiger partial charge in [0.05, 0.1) is 23.6 Å². The monoisotopic (exact) mass is 273 g/mol. The zero-order chi connectivity index (χ0) is 14.4. The van der Waals surface area contributed by atoms with E-state index in [1.807, 2.05) is 6.92 Å². The van der Waals surface area contributed by atoms with Crippen molar-refractivity contribution < 1.29 is 4.79 Å². The van der Waals surface area contributed by atoms with Crippen LogP contribution in [-0.4, -0.2) is 27.6 Å². The van der Waals surface area contributed by atoms with Crippen LogP contribution in [0.3, 0.4) is 0 Å². The molecule has 20 heavy (non-hydrogen) atoms. The molecule has 0 fully saturated rings. The molecule has 0 aliphatic heterocycles. The average molecular weight is 273 g/mol. The van der Waals surface area contributed by atoms with Crippen molar-refractivity contribution in [3.63, 3.8) is 0 Å². The first-order valence-corrected chi connectivity index (χ1v) is 6.67. The van der Waals surface area contributed by atoms with Crippen LogP contribution in [0.25, 0.3) is 0 Å². The number of nitrogens with one attached hydrogen (secondary N) is 3. The van der Waals surface area contributed by atoms with Gasteiger partial charge in [-0.25, -0.2) is 0 Å². The number of rotatable bonds is 6. The summed E-state index contributed by atoms with van der Waals surface area (Å²) in [6, 6.07) is 1.72. The third-order valence-corrected chi connectivity index (χ3v) is 3.00. The number of H-pyrrole nitrogens is 1. The molecule has 0 aliphatic rings. The van der Waals surface area contributed by atoms with E-state index in [9.17, 15) is 4.79 Å². The van der Waals surface area contributed by atoms with Crippen molar-refractivity contribution >= 4 is 11.6 Å². The summed E-state index contributed by atoms with van der Waals surface area (Å²) in [6.07, 6.45) is 6.01. The Morgan fingerprint density at radius 3 is 2.95 bits per heavy atom. The number of nitrogens with zero attached hydrogens (tertiary/aromatic N) is 2. The van der Waals surface area contributed by atoms with E-state index in [1.165, 1.54) is 0 Å². The fourth-order valence-electron chi connectivity index (χ4n) is 1.82. The largest absolute Gasteiger partial charge is 0.383 e. The maximum Gasteiger partial charge on any atom is 0.253 e. The van der Waals surface area contributed by atoms with E-state index in [1.54, 1.807) is 24.7 Å². The molecule has 6 heteroatoms. The van der Waals surface area contributed by atoms with Crippen molar-refractivity contribution in [2.24, 2.45) is 0 Å². The first-order valence-electron chi connectivity index (χ1n) is 6.67. The molecular weight excluding hydrogens is 254 g/mol. The second-order valence-electron chi connectivity index (χ2n) is 4.55. The molecule has 0 bridgehead atoms. The van der Waals surface area contributed by atoms with Gasteiger partial charge in [-0.05, 0) is 19.4 Å². The maximum absolute atomic E-state index is 12.2. The second-order valence-corrected chi connectivity index (χ2v) is 4.55. The van der Waals surface area contributed by atoms with Crippen molar-refractivity contribution in [2.45, 2.75) is 26.8 Å². The molecule has 2 rings (SSSR count). The summed E-state index contributed by atoms with van der Waals surface area (Å²) in [5, 5.41) is 12.9. The van der Waals surface area contributed by atoms with E-state index in [0.29, 0.717) is 12.1 Å². The lowest BCUT2D eigenvalue weighted by Crippen LogP contribution is -2.24. The van der Waals surface area contributed by atoms with Crippen molar-refractivity contribution in [3.05, 3.63) is 41.5 Å². The van der Waals surface area contributed by atoms with Crippen LogP contribution in [0.4, 0.5) is 5.69 Å². The number of anilines is 1. The molecule has 0 unspecified atom stereocenters. The van der Waals surface area contributed by atoms with Crippen LogP contribution in [0, 0.1) is 6.92 Å². The summed E-state index contributed by atoms with van der Waals surface area (Å²) in [6.45, 7) is 5.27. The summed E-state index contributed by atoms with van der Waals surface area (Å²) >= 11 is 0. The lowest BCUT2D eigenvalue weighted by Gasteiger charge is -2.10. The zero-order valence-corrected chi connectivity index (χ0v) is 11.7. The highest BCUT2D eigenvalue weighted by molar-refractivity contribution is 5.99. The SMILES string of the molecule is CCCNc1cnccc1C(=O)NCc1cn[nH]c1C. The minimum absolute atomic E-state index is 0.119. The molecule has 0 aliphatic carbocycles. The van der Waals surface area contributed by atoms with Crippen LogP contribution in [0.5, 0.6) is 0 Å². The van der Waals surface area contributed by atoms with Crippen molar-refractivity contribution in [1.29, 1.82) is 0 Å². The highest BCUT2D eigenvalue weighted by atomic mass is 16.1. The van der Waals surface area contributed by atoms with E-state index in [4.69, 9.17) is 0 Å². The topological polar surface area (TPSA) is 82.7 Å². The Hall–Kier alpha value is -2.37. The quantitative estimate of drug-likeness (QED) is 0.750. The van der Waals surface area contributed by atoms with Gasteiger partial charge in [-0.3, -0.25) is 14.9 Å². The number of aromatic amines is 1. The molecule has 106 valence electrons. The van der Waals surface area contributed by atoms with Crippen LogP contribution < -0.4 is 10.6 Å². The van der Waals surface area contributed by atoms with Crippen LogP contribution in [0.1, 0.15) is 35.0 Å². The smallest absolute Gasteiger partial charge is 0.253 e. The normalized spacial score (nSPS) is 10.3. The predicted molar refractivity (Wildman–Crippen MR) is 77.5 cm³/mol. The van der Waals surface area contributed by atoms with Gasteiger partial charge in [0, 0.05) is 30.5 Å². The molecule has 2 aromatic heterocycles. The van der Waals surface area contributed by atoms with Crippen molar-refractivity contribution in [2.75, 3.05) is 11.9 Å². The molecule has 0 saturated heterocycles. The Bertz CT molecular complexity index is 578. The summed E-state index contributed by atoms with van der Waals surface area (Å²) < 4.78 is 0. The molecule has 3 N–H and O–H groups in total. The number of carbonyl (C=O) groups excluding carboxylic acids is 1. The van der Waals surface area contributed by atoms with Crippen LogP contribution >= 0.6 is 0 Å². The fraction of sp³-hybridized carbons (Fsp3) is 0.357. The zero-order valence-electron chi connectivity index (χ0n) is 11.7. The van der Waals surface area contributed by atoms with Gasteiger partial charge in [0.15, 0.2) is 0 Å². The van der Waals surface area contributed by atoms with E-state index in [0.717, 1.165) is 29.9 Å². The molecule has 0 atom stereocenters. The van der Waals surface area contributed by atoms with Crippen LogP contribution in [0.2, 0.25) is 0 Å². The van der Waals surface area contributed by atoms with Gasteiger partial charge >= 0.3 is 0 Å². The predicted octanol–water partition coefficient (Wildman–Crippen LogP) is 1.87. The third-order valence-electron chi connectivity index (χ3n) is 3.00. The number of pyridine rings is 1. The van der Waals surface area contributed by atoms with Crippen LogP contribution in [0.15, 0.2) is 24.7 Å². The van der Waals surface area contributed by atoms with E-state index >= 15 is 0 Å². The maximum atomic E-state index is 12.2. The summed E-state index contributed by atoms with van der Waals surface area (Å²) in [7, 11) is 0. The Labute approximate surface area is 118 Å². The van der Waals surface area contributed by atoms with Gasteiger partial charge in [0.25, 0.3) is 5.91 Å². The minimum Gasteiger partial charge on any atom is -0.383 e. The molecular formula is C14H19N5O. The Morgan fingerprint density at radius 1 is 1.40 bits per heavy atom. The summed E-state index contributed by atoms with van der Waals surface area (Å²) in [5.41, 5.74) is 3.31. The highest BCUT2D eigenvalue weighted by Gasteiger charge is 2.11.